The van der Waals surface area contributed by atoms with Gasteiger partial charge in [0.2, 0.25) is 0 Å². The molecule has 10 heteroatoms. The van der Waals surface area contributed by atoms with E-state index in [4.69, 9.17) is 0 Å². The van der Waals surface area contributed by atoms with Gasteiger partial charge in [0.25, 0.3) is 0 Å². The van der Waals surface area contributed by atoms with Crippen LogP contribution in [0, 0.1) is 17.3 Å². The van der Waals surface area contributed by atoms with Crippen LogP contribution in [0.3, 0.4) is 0 Å². The summed E-state index contributed by atoms with van der Waals surface area (Å²) in [7, 11) is 0. The molecule has 4 nitrogen and oxygen atoms in total. The van der Waals surface area contributed by atoms with E-state index in [2.05, 4.69) is 16.4 Å². The number of phenolic OH excluding ortho intramolecular Hbond substituents is 1. The third-order valence-electron chi connectivity index (χ3n) is 9.49. The number of carbonyl (C=O) groups excluding carboxylic acids is 1. The minimum Gasteiger partial charge on any atom is -0.507 e. The van der Waals surface area contributed by atoms with Crippen molar-refractivity contribution in [1.82, 2.24) is 0 Å². The predicted octanol–water partition coefficient (Wildman–Crippen LogP) is 8.95. The molecule has 3 aromatic carbocycles. The first-order valence-corrected chi connectivity index (χ1v) is 13.9. The molecule has 2 fully saturated rings. The van der Waals surface area contributed by atoms with Gasteiger partial charge in [-0.1, -0.05) is 31.2 Å². The van der Waals surface area contributed by atoms with Gasteiger partial charge in [-0.2, -0.15) is 0 Å². The van der Waals surface area contributed by atoms with Crippen LogP contribution in [0.5, 0.6) is 17.2 Å². The van der Waals surface area contributed by atoms with Crippen molar-refractivity contribution < 1.29 is 45.7 Å². The van der Waals surface area contributed by atoms with Crippen molar-refractivity contribution in [3.8, 4) is 39.5 Å². The maximum Gasteiger partial charge on any atom is 0.573 e. The molecule has 0 unspecified atom stereocenters. The van der Waals surface area contributed by atoms with Crippen molar-refractivity contribution in [2.24, 2.45) is 17.3 Å². The zero-order chi connectivity index (χ0) is 30.0. The molecule has 1 N–H and O–H groups in total. The van der Waals surface area contributed by atoms with Crippen molar-refractivity contribution >= 4 is 5.78 Å². The summed E-state index contributed by atoms with van der Waals surface area (Å²) in [6.45, 7) is 2.07. The number of phenols is 1. The normalized spacial score (nSPS) is 25.4. The molecule has 0 bridgehead atoms. The summed E-state index contributed by atoms with van der Waals surface area (Å²) in [5.74, 6) is 0.0176. The Morgan fingerprint density at radius 1 is 0.810 bits per heavy atom. The molecule has 0 spiro atoms. The van der Waals surface area contributed by atoms with E-state index in [0.29, 0.717) is 40.9 Å². The minimum absolute atomic E-state index is 0.108. The molecule has 222 valence electrons. The molecule has 3 aliphatic rings. The van der Waals surface area contributed by atoms with Crippen LogP contribution in [-0.4, -0.2) is 23.6 Å². The second kappa shape index (κ2) is 9.95. The lowest BCUT2D eigenvalue weighted by molar-refractivity contribution is -0.275. The number of ether oxygens (including phenoxy) is 2. The highest BCUT2D eigenvalue weighted by Gasteiger charge is 2.54. The summed E-state index contributed by atoms with van der Waals surface area (Å²) in [5, 5.41) is 11.6. The van der Waals surface area contributed by atoms with Gasteiger partial charge in [0.05, 0.1) is 0 Å². The molecular weight excluding hydrogens is 562 g/mol. The fourth-order valence-electron chi connectivity index (χ4n) is 7.68. The average Bonchev–Trinajstić information content (AvgIpc) is 3.22. The fourth-order valence-corrected chi connectivity index (χ4v) is 7.68. The molecule has 0 aliphatic heterocycles. The van der Waals surface area contributed by atoms with E-state index in [9.17, 15) is 36.2 Å². The van der Waals surface area contributed by atoms with Crippen LogP contribution >= 0.6 is 0 Å². The number of benzene rings is 3. The number of aromatic hydroxyl groups is 1. The summed E-state index contributed by atoms with van der Waals surface area (Å²) in [6, 6.07) is 12.4. The number of Topliss-reactive ketones (excluding diaryl/α,β-unsaturated/α-hetero) is 1. The number of hydrogen-bond donors (Lipinski definition) is 1. The van der Waals surface area contributed by atoms with Crippen molar-refractivity contribution in [2.75, 3.05) is 0 Å². The van der Waals surface area contributed by atoms with Crippen LogP contribution in [-0.2, 0) is 11.2 Å². The van der Waals surface area contributed by atoms with E-state index >= 15 is 0 Å². The van der Waals surface area contributed by atoms with E-state index in [1.165, 1.54) is 48.5 Å². The molecule has 3 aliphatic carbocycles. The molecule has 2 saturated carbocycles. The van der Waals surface area contributed by atoms with Crippen molar-refractivity contribution in [2.45, 2.75) is 64.1 Å². The van der Waals surface area contributed by atoms with Crippen molar-refractivity contribution in [3.63, 3.8) is 0 Å². The quantitative estimate of drug-likeness (QED) is 0.308. The second-order valence-corrected chi connectivity index (χ2v) is 11.7. The van der Waals surface area contributed by atoms with Crippen molar-refractivity contribution in [3.05, 3.63) is 65.7 Å². The van der Waals surface area contributed by atoms with E-state index < -0.39 is 24.2 Å². The number of fused-ring (bicyclic) bond motifs is 5. The summed E-state index contributed by atoms with van der Waals surface area (Å²) in [4.78, 5) is 12.8. The largest absolute Gasteiger partial charge is 0.573 e. The number of alkyl halides is 6. The standard InChI is InChI=1S/C32H28F6O4/c1-30-15-14-21-22(26(30)12-13-27(30)39)10-11-23-25(21)16-24(17-2-6-19(7-3-17)41-31(33,34)35)29(40)28(23)18-4-8-20(9-5-18)42-32(36,37)38/h2-9,16,21-22,26,40H,10-15H2,1H3/t21-,22+,26-,30-/m0/s1. The second-order valence-electron chi connectivity index (χ2n) is 11.7. The Bertz CT molecular complexity index is 1510. The van der Waals surface area contributed by atoms with Gasteiger partial charge in [-0.3, -0.25) is 4.79 Å². The molecule has 3 aromatic rings. The van der Waals surface area contributed by atoms with E-state index in [0.717, 1.165) is 36.8 Å². The highest BCUT2D eigenvalue weighted by atomic mass is 19.4. The van der Waals surface area contributed by atoms with Crippen molar-refractivity contribution in [1.29, 1.82) is 0 Å². The molecular formula is C32H28F6O4. The molecule has 42 heavy (non-hydrogen) atoms. The Morgan fingerprint density at radius 2 is 1.38 bits per heavy atom. The van der Waals surface area contributed by atoms with Crippen LogP contribution in [0.1, 0.15) is 56.1 Å². The lowest BCUT2D eigenvalue weighted by atomic mass is 9.55. The Morgan fingerprint density at radius 3 is 1.95 bits per heavy atom. The van der Waals surface area contributed by atoms with Gasteiger partial charge in [0.15, 0.2) is 0 Å². The third kappa shape index (κ3) is 5.09. The molecule has 0 heterocycles. The monoisotopic (exact) mass is 590 g/mol. The molecule has 0 amide bonds. The number of hydrogen-bond acceptors (Lipinski definition) is 4. The smallest absolute Gasteiger partial charge is 0.507 e. The molecule has 4 atom stereocenters. The van der Waals surface area contributed by atoms with Gasteiger partial charge in [0.1, 0.15) is 23.0 Å². The predicted molar refractivity (Wildman–Crippen MR) is 142 cm³/mol. The summed E-state index contributed by atoms with van der Waals surface area (Å²) in [6.07, 6.45) is -5.34. The number of carbonyl (C=O) groups is 1. The van der Waals surface area contributed by atoms with Crippen LogP contribution in [0.25, 0.3) is 22.3 Å². The van der Waals surface area contributed by atoms with E-state index in [1.54, 1.807) is 0 Å². The molecule has 6 rings (SSSR count). The van der Waals surface area contributed by atoms with Crippen LogP contribution in [0.2, 0.25) is 0 Å². The third-order valence-corrected chi connectivity index (χ3v) is 9.49. The lowest BCUT2D eigenvalue weighted by Crippen LogP contribution is -2.42. The van der Waals surface area contributed by atoms with Gasteiger partial charge < -0.3 is 14.6 Å². The highest BCUT2D eigenvalue weighted by molar-refractivity contribution is 5.88. The summed E-state index contributed by atoms with van der Waals surface area (Å²) < 4.78 is 84.5. The Balaban J connectivity index is 1.46. The summed E-state index contributed by atoms with van der Waals surface area (Å²) in [5.41, 5.74) is 3.38. The SMILES string of the molecule is C[C@]12CC[C@@H]3c4cc(-c5ccc(OC(F)(F)F)cc5)c(O)c(-c5ccc(OC(F)(F)F)cc5)c4CC[C@H]3[C@@H]1CCC2=O. The van der Waals surface area contributed by atoms with Gasteiger partial charge in [-0.05, 0) is 102 Å². The maximum atomic E-state index is 12.8. The number of halogens is 6. The lowest BCUT2D eigenvalue weighted by Gasteiger charge is -2.48. The van der Waals surface area contributed by atoms with Crippen LogP contribution in [0.4, 0.5) is 26.3 Å². The van der Waals surface area contributed by atoms with E-state index in [1.807, 2.05) is 6.07 Å². The Hall–Kier alpha value is -3.69. The van der Waals surface area contributed by atoms with Gasteiger partial charge in [0, 0.05) is 23.0 Å². The van der Waals surface area contributed by atoms with Gasteiger partial charge in [-0.15, -0.1) is 26.3 Å². The highest BCUT2D eigenvalue weighted by Crippen LogP contribution is 2.61. The topological polar surface area (TPSA) is 55.8 Å². The average molecular weight is 591 g/mol. The summed E-state index contributed by atoms with van der Waals surface area (Å²) >= 11 is 0. The Kier molecular flexibility index (Phi) is 6.74. The zero-order valence-electron chi connectivity index (χ0n) is 22.6. The first-order chi connectivity index (χ1) is 19.7. The maximum absolute atomic E-state index is 12.8. The number of rotatable bonds is 4. The first kappa shape index (κ1) is 28.4. The molecule has 0 aromatic heterocycles. The van der Waals surface area contributed by atoms with Gasteiger partial charge in [-0.25, -0.2) is 0 Å². The zero-order valence-corrected chi connectivity index (χ0v) is 22.6. The fraction of sp³-hybridized carbons (Fsp3) is 0.406. The molecule has 0 radical (unpaired) electrons. The first-order valence-electron chi connectivity index (χ1n) is 13.9. The van der Waals surface area contributed by atoms with Crippen LogP contribution < -0.4 is 9.47 Å². The van der Waals surface area contributed by atoms with Gasteiger partial charge >= 0.3 is 12.7 Å². The minimum atomic E-state index is -4.85. The number of ketones is 1. The van der Waals surface area contributed by atoms with E-state index in [-0.39, 0.29) is 28.9 Å². The Labute approximate surface area is 238 Å². The van der Waals surface area contributed by atoms with Crippen LogP contribution in [0.15, 0.2) is 54.6 Å². The molecule has 0 saturated heterocycles.